The molecule has 3 unspecified atom stereocenters. The van der Waals surface area contributed by atoms with Crippen LogP contribution in [0.2, 0.25) is 0 Å². The minimum atomic E-state index is -1.33. The molecule has 0 bridgehead atoms. The highest BCUT2D eigenvalue weighted by atomic mass is 16.6. The molecule has 0 heterocycles. The Morgan fingerprint density at radius 2 is 1.39 bits per heavy atom. The fraction of sp³-hybridized carbons (Fsp3) is 0.727. The van der Waals surface area contributed by atoms with Gasteiger partial charge in [-0.25, -0.2) is 14.4 Å². The Balaban J connectivity index is 4.23. The second-order valence-electron chi connectivity index (χ2n) is 3.59. The third kappa shape index (κ3) is 5.62. The van der Waals surface area contributed by atoms with E-state index in [1.807, 2.05) is 0 Å². The molecule has 0 saturated carbocycles. The van der Waals surface area contributed by atoms with Crippen molar-refractivity contribution in [2.45, 2.75) is 46.0 Å². The van der Waals surface area contributed by atoms with Gasteiger partial charge in [0.25, 0.3) is 0 Å². The number of hydrogen-bond donors (Lipinski definition) is 1. The van der Waals surface area contributed by atoms with Gasteiger partial charge in [-0.3, -0.25) is 0 Å². The van der Waals surface area contributed by atoms with Crippen molar-refractivity contribution in [3.8, 4) is 0 Å². The number of aliphatic hydroxyl groups is 1. The van der Waals surface area contributed by atoms with Crippen molar-refractivity contribution in [2.24, 2.45) is 0 Å². The number of aliphatic hydroxyl groups excluding tert-OH is 1. The lowest BCUT2D eigenvalue weighted by molar-refractivity contribution is -0.179. The lowest BCUT2D eigenvalue weighted by Crippen LogP contribution is -2.35. The highest BCUT2D eigenvalue weighted by Gasteiger charge is 2.26. The van der Waals surface area contributed by atoms with Gasteiger partial charge >= 0.3 is 17.9 Å². The molecule has 0 aliphatic heterocycles. The number of hydrogen-bond acceptors (Lipinski definition) is 7. The fourth-order valence-corrected chi connectivity index (χ4v) is 0.899. The minimum Gasteiger partial charge on any atom is -0.463 e. The normalized spacial score (nSPS) is 15.2. The molecule has 0 aromatic rings. The molecule has 0 radical (unpaired) electrons. The van der Waals surface area contributed by atoms with Gasteiger partial charge in [-0.05, 0) is 27.7 Å². The highest BCUT2D eigenvalue weighted by Crippen LogP contribution is 2.02. The lowest BCUT2D eigenvalue weighted by atomic mass is 10.3. The summed E-state index contributed by atoms with van der Waals surface area (Å²) in [5.41, 5.74) is 0. The van der Waals surface area contributed by atoms with E-state index in [0.717, 1.165) is 0 Å². The van der Waals surface area contributed by atoms with Gasteiger partial charge in [-0.15, -0.1) is 0 Å². The van der Waals surface area contributed by atoms with Gasteiger partial charge in [-0.1, -0.05) is 0 Å². The van der Waals surface area contributed by atoms with Crippen LogP contribution in [-0.2, 0) is 28.6 Å². The molecule has 104 valence electrons. The minimum absolute atomic E-state index is 0.174. The first kappa shape index (κ1) is 16.4. The van der Waals surface area contributed by atoms with E-state index < -0.39 is 36.2 Å². The number of ether oxygens (including phenoxy) is 3. The number of carbonyl (C=O) groups excluding carboxylic acids is 3. The van der Waals surface area contributed by atoms with E-state index in [9.17, 15) is 14.4 Å². The van der Waals surface area contributed by atoms with Gasteiger partial charge in [0.1, 0.15) is 6.10 Å². The summed E-state index contributed by atoms with van der Waals surface area (Å²) in [7, 11) is 0. The van der Waals surface area contributed by atoms with Crippen LogP contribution in [-0.4, -0.2) is 47.9 Å². The molecule has 0 rings (SSSR count). The number of carbonyl (C=O) groups is 3. The third-order valence-corrected chi connectivity index (χ3v) is 1.88. The molecule has 0 amide bonds. The molecular formula is C11H18O7. The zero-order valence-electron chi connectivity index (χ0n) is 10.8. The molecule has 0 aromatic carbocycles. The zero-order valence-corrected chi connectivity index (χ0v) is 10.8. The molecule has 7 heteroatoms. The first-order chi connectivity index (χ1) is 8.29. The Labute approximate surface area is 105 Å². The fourth-order valence-electron chi connectivity index (χ4n) is 0.899. The standard InChI is InChI=1S/C11H18O7/c1-5-16-10(14)7(3)18-11(15)8(4)17-9(13)6(2)12/h6-8,12H,5H2,1-4H3. The van der Waals surface area contributed by atoms with Gasteiger partial charge in [0, 0.05) is 0 Å². The first-order valence-electron chi connectivity index (χ1n) is 5.55. The molecule has 0 spiro atoms. The van der Waals surface area contributed by atoms with Gasteiger partial charge < -0.3 is 19.3 Å². The van der Waals surface area contributed by atoms with Crippen LogP contribution in [0.4, 0.5) is 0 Å². The van der Waals surface area contributed by atoms with Crippen molar-refractivity contribution in [3.63, 3.8) is 0 Å². The van der Waals surface area contributed by atoms with Crippen LogP contribution in [0, 0.1) is 0 Å². The average Bonchev–Trinajstić information content (AvgIpc) is 2.28. The molecule has 1 N–H and O–H groups in total. The molecule has 0 aliphatic carbocycles. The van der Waals surface area contributed by atoms with Crippen molar-refractivity contribution < 1.29 is 33.7 Å². The predicted octanol–water partition coefficient (Wildman–Crippen LogP) is -0.206. The summed E-state index contributed by atoms with van der Waals surface area (Å²) in [5.74, 6) is -2.51. The van der Waals surface area contributed by atoms with E-state index >= 15 is 0 Å². The third-order valence-electron chi connectivity index (χ3n) is 1.88. The van der Waals surface area contributed by atoms with Crippen molar-refractivity contribution in [1.29, 1.82) is 0 Å². The summed E-state index contributed by atoms with van der Waals surface area (Å²) in [6, 6.07) is 0. The first-order valence-corrected chi connectivity index (χ1v) is 5.55. The number of rotatable bonds is 6. The summed E-state index contributed by atoms with van der Waals surface area (Å²) in [4.78, 5) is 33.6. The molecule has 0 saturated heterocycles. The molecular weight excluding hydrogens is 244 g/mol. The summed E-state index contributed by atoms with van der Waals surface area (Å²) in [6.07, 6.45) is -3.61. The van der Waals surface area contributed by atoms with Gasteiger partial charge in [-0.2, -0.15) is 0 Å². The summed E-state index contributed by atoms with van der Waals surface area (Å²) in [6.45, 7) is 5.63. The Kier molecular flexibility index (Phi) is 6.96. The van der Waals surface area contributed by atoms with Crippen LogP contribution in [0.15, 0.2) is 0 Å². The predicted molar refractivity (Wildman–Crippen MR) is 59.4 cm³/mol. The average molecular weight is 262 g/mol. The van der Waals surface area contributed by atoms with Crippen molar-refractivity contribution in [1.82, 2.24) is 0 Å². The summed E-state index contributed by atoms with van der Waals surface area (Å²) >= 11 is 0. The summed E-state index contributed by atoms with van der Waals surface area (Å²) < 4.78 is 14.0. The maximum Gasteiger partial charge on any atom is 0.347 e. The Hall–Kier alpha value is -1.63. The van der Waals surface area contributed by atoms with Crippen molar-refractivity contribution in [3.05, 3.63) is 0 Å². The van der Waals surface area contributed by atoms with E-state index in [4.69, 9.17) is 9.84 Å². The second kappa shape index (κ2) is 7.65. The maximum atomic E-state index is 11.4. The Morgan fingerprint density at radius 1 is 0.944 bits per heavy atom. The summed E-state index contributed by atoms with van der Waals surface area (Å²) in [5, 5.41) is 8.89. The van der Waals surface area contributed by atoms with Gasteiger partial charge in [0.05, 0.1) is 6.61 Å². The Morgan fingerprint density at radius 3 is 1.83 bits per heavy atom. The highest BCUT2D eigenvalue weighted by molar-refractivity contribution is 5.83. The number of esters is 3. The van der Waals surface area contributed by atoms with E-state index in [0.29, 0.717) is 0 Å². The van der Waals surface area contributed by atoms with Crippen LogP contribution in [0.3, 0.4) is 0 Å². The lowest BCUT2D eigenvalue weighted by Gasteiger charge is -2.16. The molecule has 0 aromatic heterocycles. The van der Waals surface area contributed by atoms with E-state index in [-0.39, 0.29) is 6.61 Å². The zero-order chi connectivity index (χ0) is 14.3. The quantitative estimate of drug-likeness (QED) is 0.522. The van der Waals surface area contributed by atoms with Crippen LogP contribution in [0.1, 0.15) is 27.7 Å². The van der Waals surface area contributed by atoms with Crippen molar-refractivity contribution >= 4 is 17.9 Å². The molecule has 0 aliphatic rings. The van der Waals surface area contributed by atoms with Crippen LogP contribution in [0.25, 0.3) is 0 Å². The second-order valence-corrected chi connectivity index (χ2v) is 3.59. The van der Waals surface area contributed by atoms with E-state index in [2.05, 4.69) is 9.47 Å². The molecule has 0 fully saturated rings. The van der Waals surface area contributed by atoms with Gasteiger partial charge in [0.15, 0.2) is 12.2 Å². The SMILES string of the molecule is CCOC(=O)C(C)OC(=O)C(C)OC(=O)C(C)O. The van der Waals surface area contributed by atoms with Gasteiger partial charge in [0.2, 0.25) is 0 Å². The molecule has 3 atom stereocenters. The molecule has 7 nitrogen and oxygen atoms in total. The van der Waals surface area contributed by atoms with Crippen LogP contribution >= 0.6 is 0 Å². The van der Waals surface area contributed by atoms with Crippen LogP contribution < -0.4 is 0 Å². The van der Waals surface area contributed by atoms with E-state index in [1.54, 1.807) is 6.92 Å². The topological polar surface area (TPSA) is 99.1 Å². The molecule has 18 heavy (non-hydrogen) atoms. The monoisotopic (exact) mass is 262 g/mol. The Bertz CT molecular complexity index is 311. The smallest absolute Gasteiger partial charge is 0.347 e. The largest absolute Gasteiger partial charge is 0.463 e. The van der Waals surface area contributed by atoms with E-state index in [1.165, 1.54) is 20.8 Å². The maximum absolute atomic E-state index is 11.4. The van der Waals surface area contributed by atoms with Crippen molar-refractivity contribution in [2.75, 3.05) is 6.61 Å². The van der Waals surface area contributed by atoms with Crippen LogP contribution in [0.5, 0.6) is 0 Å².